The van der Waals surface area contributed by atoms with Gasteiger partial charge in [0.1, 0.15) is 6.61 Å². The Morgan fingerprint density at radius 1 is 1.28 bits per heavy atom. The molecule has 1 aromatic carbocycles. The molecule has 1 atom stereocenters. The number of hydrogen-bond donors (Lipinski definition) is 0. The quantitative estimate of drug-likeness (QED) is 0.821. The molecule has 1 aromatic rings. The molecule has 0 fully saturated rings. The molecule has 0 aliphatic rings. The highest BCUT2D eigenvalue weighted by Gasteiger charge is 2.17. The molecule has 0 aromatic heterocycles. The topological polar surface area (TPSA) is 29.5 Å². The van der Waals surface area contributed by atoms with Gasteiger partial charge in [0.15, 0.2) is 0 Å². The molecule has 0 aliphatic carbocycles. The smallest absolute Gasteiger partial charge is 0.248 e. The number of nitrogens with zero attached hydrogens (tertiary/aromatic N) is 1. The van der Waals surface area contributed by atoms with E-state index in [2.05, 4.69) is 0 Å². The zero-order chi connectivity index (χ0) is 13.7. The minimum absolute atomic E-state index is 0.00512. The number of hydrogen-bond acceptors (Lipinski definition) is 2. The summed E-state index contributed by atoms with van der Waals surface area (Å²) in [6.45, 7) is 5.93. The summed E-state index contributed by atoms with van der Waals surface area (Å²) in [5, 5.41) is 0.697. The molecular formula is C14H20ClNO2. The molecule has 1 amide bonds. The maximum Gasteiger partial charge on any atom is 0.248 e. The molecular weight excluding hydrogens is 250 g/mol. The molecule has 0 N–H and O–H groups in total. The summed E-state index contributed by atoms with van der Waals surface area (Å²) in [5.41, 5.74) is 1.06. The van der Waals surface area contributed by atoms with Crippen LogP contribution < -0.4 is 0 Å². The van der Waals surface area contributed by atoms with Gasteiger partial charge in [0, 0.05) is 12.1 Å². The molecule has 0 bridgehead atoms. The summed E-state index contributed by atoms with van der Waals surface area (Å²) < 4.78 is 5.32. The summed E-state index contributed by atoms with van der Waals surface area (Å²) in [6, 6.07) is 7.53. The van der Waals surface area contributed by atoms with E-state index in [1.807, 2.05) is 45.0 Å². The lowest BCUT2D eigenvalue weighted by molar-refractivity contribution is -0.138. The van der Waals surface area contributed by atoms with Gasteiger partial charge in [0.2, 0.25) is 5.91 Å². The van der Waals surface area contributed by atoms with Gasteiger partial charge in [0.05, 0.1) is 12.1 Å². The minimum atomic E-state index is -0.0221. The minimum Gasteiger partial charge on any atom is -0.369 e. The van der Waals surface area contributed by atoms with Crippen molar-refractivity contribution < 1.29 is 9.53 Å². The van der Waals surface area contributed by atoms with Crippen LogP contribution in [-0.4, -0.2) is 30.6 Å². The van der Waals surface area contributed by atoms with Gasteiger partial charge < -0.3 is 9.64 Å². The van der Waals surface area contributed by atoms with E-state index >= 15 is 0 Å². The number of rotatable bonds is 5. The largest absolute Gasteiger partial charge is 0.369 e. The number of halogens is 1. The van der Waals surface area contributed by atoms with Gasteiger partial charge in [-0.25, -0.2) is 0 Å². The van der Waals surface area contributed by atoms with Gasteiger partial charge in [-0.2, -0.15) is 0 Å². The summed E-state index contributed by atoms with van der Waals surface area (Å²) in [5.74, 6) is -0.0221. The van der Waals surface area contributed by atoms with E-state index in [0.29, 0.717) is 5.02 Å². The molecule has 18 heavy (non-hydrogen) atoms. The lowest BCUT2D eigenvalue weighted by Crippen LogP contribution is -2.33. The summed E-state index contributed by atoms with van der Waals surface area (Å²) >= 11 is 5.84. The first-order chi connectivity index (χ1) is 8.41. The van der Waals surface area contributed by atoms with Gasteiger partial charge in [-0.3, -0.25) is 4.79 Å². The van der Waals surface area contributed by atoms with Gasteiger partial charge in [-0.05, 0) is 38.5 Å². The number of ether oxygens (including phenoxy) is 1. The first-order valence-corrected chi connectivity index (χ1v) is 6.42. The molecule has 0 saturated heterocycles. The fourth-order valence-corrected chi connectivity index (χ4v) is 1.65. The number of amides is 1. The molecule has 0 radical (unpaired) electrons. The third-order valence-corrected chi connectivity index (χ3v) is 3.12. The van der Waals surface area contributed by atoms with Gasteiger partial charge in [0.25, 0.3) is 0 Å². The van der Waals surface area contributed by atoms with E-state index in [-0.39, 0.29) is 24.7 Å². The van der Waals surface area contributed by atoms with Crippen LogP contribution in [0, 0.1) is 0 Å². The van der Waals surface area contributed by atoms with Crippen LogP contribution in [-0.2, 0) is 9.53 Å². The Labute approximate surface area is 114 Å². The maximum atomic E-state index is 11.9. The van der Waals surface area contributed by atoms with Crippen molar-refractivity contribution in [1.82, 2.24) is 4.90 Å². The highest BCUT2D eigenvalue weighted by Crippen LogP contribution is 2.20. The Morgan fingerprint density at radius 3 is 2.33 bits per heavy atom. The first-order valence-electron chi connectivity index (χ1n) is 6.04. The summed E-state index contributed by atoms with van der Waals surface area (Å²) in [4.78, 5) is 13.6. The standard InChI is InChI=1S/C14H20ClNO2/c1-10(2)18-9-14(17)16(4)11(3)12-5-7-13(15)8-6-12/h5-8,10-11H,9H2,1-4H3. The van der Waals surface area contributed by atoms with Crippen molar-refractivity contribution >= 4 is 17.5 Å². The van der Waals surface area contributed by atoms with Crippen molar-refractivity contribution in [3.63, 3.8) is 0 Å². The van der Waals surface area contributed by atoms with E-state index in [4.69, 9.17) is 16.3 Å². The molecule has 1 unspecified atom stereocenters. The molecule has 0 saturated carbocycles. The monoisotopic (exact) mass is 269 g/mol. The lowest BCUT2D eigenvalue weighted by atomic mass is 10.1. The van der Waals surface area contributed by atoms with E-state index in [0.717, 1.165) is 5.56 Å². The second kappa shape index (κ2) is 6.76. The van der Waals surface area contributed by atoms with E-state index in [9.17, 15) is 4.79 Å². The van der Waals surface area contributed by atoms with Gasteiger partial charge >= 0.3 is 0 Å². The van der Waals surface area contributed by atoms with Crippen LogP contribution in [0.2, 0.25) is 5.02 Å². The third kappa shape index (κ3) is 4.31. The highest BCUT2D eigenvalue weighted by molar-refractivity contribution is 6.30. The Hall–Kier alpha value is -1.06. The Kier molecular flexibility index (Phi) is 5.63. The molecule has 100 valence electrons. The molecule has 0 heterocycles. The average Bonchev–Trinajstić information content (AvgIpc) is 2.35. The van der Waals surface area contributed by atoms with Crippen LogP contribution in [0.5, 0.6) is 0 Å². The second-order valence-corrected chi connectivity index (χ2v) is 5.03. The van der Waals surface area contributed by atoms with Crippen molar-refractivity contribution in [3.8, 4) is 0 Å². The van der Waals surface area contributed by atoms with E-state index in [1.54, 1.807) is 11.9 Å². The van der Waals surface area contributed by atoms with Crippen molar-refractivity contribution in [1.29, 1.82) is 0 Å². The first kappa shape index (κ1) is 15.0. The van der Waals surface area contributed by atoms with E-state index < -0.39 is 0 Å². The average molecular weight is 270 g/mol. The van der Waals surface area contributed by atoms with Crippen LogP contribution in [0.25, 0.3) is 0 Å². The molecule has 0 aliphatic heterocycles. The zero-order valence-electron chi connectivity index (χ0n) is 11.3. The maximum absolute atomic E-state index is 11.9. The fourth-order valence-electron chi connectivity index (χ4n) is 1.52. The third-order valence-electron chi connectivity index (χ3n) is 2.87. The predicted molar refractivity (Wildman–Crippen MR) is 73.7 cm³/mol. The normalized spacial score (nSPS) is 12.6. The predicted octanol–water partition coefficient (Wildman–Crippen LogP) is 3.28. The SMILES string of the molecule is CC(C)OCC(=O)N(C)C(C)c1ccc(Cl)cc1. The zero-order valence-corrected chi connectivity index (χ0v) is 12.1. The summed E-state index contributed by atoms with van der Waals surface area (Å²) in [6.07, 6.45) is 0.0631. The number of benzene rings is 1. The van der Waals surface area contributed by atoms with Gasteiger partial charge in [-0.1, -0.05) is 23.7 Å². The van der Waals surface area contributed by atoms with Crippen LogP contribution in [0.4, 0.5) is 0 Å². The number of carbonyl (C=O) groups excluding carboxylic acids is 1. The Bertz CT molecular complexity index is 389. The van der Waals surface area contributed by atoms with Crippen molar-refractivity contribution in [2.24, 2.45) is 0 Å². The highest BCUT2D eigenvalue weighted by atomic mass is 35.5. The fraction of sp³-hybridized carbons (Fsp3) is 0.500. The Morgan fingerprint density at radius 2 is 1.83 bits per heavy atom. The van der Waals surface area contributed by atoms with Crippen LogP contribution >= 0.6 is 11.6 Å². The summed E-state index contributed by atoms with van der Waals surface area (Å²) in [7, 11) is 1.78. The van der Waals surface area contributed by atoms with Crippen molar-refractivity contribution in [3.05, 3.63) is 34.9 Å². The lowest BCUT2D eigenvalue weighted by Gasteiger charge is -2.25. The van der Waals surface area contributed by atoms with E-state index in [1.165, 1.54) is 0 Å². The van der Waals surface area contributed by atoms with Crippen molar-refractivity contribution in [2.75, 3.05) is 13.7 Å². The van der Waals surface area contributed by atoms with Crippen LogP contribution in [0.1, 0.15) is 32.4 Å². The van der Waals surface area contributed by atoms with Crippen LogP contribution in [0.15, 0.2) is 24.3 Å². The number of carbonyl (C=O) groups is 1. The molecule has 3 nitrogen and oxygen atoms in total. The Balaban J connectivity index is 2.62. The molecule has 0 spiro atoms. The second-order valence-electron chi connectivity index (χ2n) is 4.59. The van der Waals surface area contributed by atoms with Crippen molar-refractivity contribution in [2.45, 2.75) is 32.9 Å². The van der Waals surface area contributed by atoms with Crippen LogP contribution in [0.3, 0.4) is 0 Å². The molecule has 1 rings (SSSR count). The van der Waals surface area contributed by atoms with Gasteiger partial charge in [-0.15, -0.1) is 0 Å². The number of likely N-dealkylation sites (N-methyl/N-ethyl adjacent to an activating group) is 1. The molecule has 4 heteroatoms.